The Bertz CT molecular complexity index is 1420. The van der Waals surface area contributed by atoms with E-state index in [-0.39, 0.29) is 49.8 Å². The van der Waals surface area contributed by atoms with E-state index in [1.807, 2.05) is 0 Å². The predicted octanol–water partition coefficient (Wildman–Crippen LogP) is 6.55. The number of hydrazine groups is 1. The first-order valence-corrected chi connectivity index (χ1v) is 12.3. The van der Waals surface area contributed by atoms with E-state index < -0.39 is 30.0 Å². The molecule has 0 fully saturated rings. The summed E-state index contributed by atoms with van der Waals surface area (Å²) in [6, 6.07) is 15.7. The van der Waals surface area contributed by atoms with Crippen LogP contribution in [0.15, 0.2) is 71.9 Å². The monoisotopic (exact) mass is 599 g/mol. The van der Waals surface area contributed by atoms with Crippen LogP contribution in [0.5, 0.6) is 0 Å². The number of oxime groups is 1. The van der Waals surface area contributed by atoms with Gasteiger partial charge in [0, 0.05) is 40.3 Å². The van der Waals surface area contributed by atoms with Gasteiger partial charge in [-0.25, -0.2) is 5.01 Å². The van der Waals surface area contributed by atoms with Gasteiger partial charge in [0.1, 0.15) is 6.61 Å². The molecule has 13 heteroatoms. The minimum absolute atomic E-state index is 0.00572. The molecule has 0 saturated carbocycles. The summed E-state index contributed by atoms with van der Waals surface area (Å²) in [6.07, 6.45) is -5.62. The quantitative estimate of drug-likeness (QED) is 0.325. The molecule has 3 aromatic carbocycles. The molecule has 4 rings (SSSR count). The Balaban J connectivity index is 1.74. The Kier molecular flexibility index (Phi) is 8.41. The number of rotatable bonds is 6. The summed E-state index contributed by atoms with van der Waals surface area (Å²) in [5.74, 6) is -1.32. The predicted molar refractivity (Wildman–Crippen MR) is 141 cm³/mol. The molecule has 1 aliphatic rings. The summed E-state index contributed by atoms with van der Waals surface area (Å²) in [7, 11) is 1.30. The maximum Gasteiger partial charge on any atom is 0.435 e. The number of alkyl halides is 3. The fourth-order valence-electron chi connectivity index (χ4n) is 3.93. The smallest absolute Gasteiger partial charge is 0.375 e. The molecule has 0 saturated heterocycles. The van der Waals surface area contributed by atoms with Crippen LogP contribution < -0.4 is 10.4 Å². The van der Waals surface area contributed by atoms with Crippen LogP contribution in [0.25, 0.3) is 0 Å². The van der Waals surface area contributed by atoms with E-state index in [1.54, 1.807) is 18.2 Å². The molecule has 1 unspecified atom stereocenters. The van der Waals surface area contributed by atoms with Crippen LogP contribution in [-0.2, 0) is 20.0 Å². The number of methoxy groups -OCH3 is 1. The number of anilines is 1. The zero-order valence-electron chi connectivity index (χ0n) is 20.1. The van der Waals surface area contributed by atoms with Gasteiger partial charge in [0.2, 0.25) is 0 Å². The molecule has 1 N–H and O–H groups in total. The Morgan fingerprint density at radius 2 is 1.72 bits per heavy atom. The van der Waals surface area contributed by atoms with Crippen molar-refractivity contribution in [2.45, 2.75) is 18.2 Å². The second kappa shape index (κ2) is 11.4. The number of carbonyl (C=O) groups excluding carboxylic acids is 2. The van der Waals surface area contributed by atoms with Gasteiger partial charge in [-0.2, -0.15) is 13.2 Å². The molecular weight excluding hydrogens is 582 g/mol. The van der Waals surface area contributed by atoms with Crippen molar-refractivity contribution in [3.8, 4) is 0 Å². The fraction of sp³-hybridized carbons (Fsp3) is 0.192. The van der Waals surface area contributed by atoms with Crippen LogP contribution >= 0.6 is 34.8 Å². The van der Waals surface area contributed by atoms with Crippen LogP contribution in [0, 0.1) is 0 Å². The van der Waals surface area contributed by atoms with Gasteiger partial charge in [-0.3, -0.25) is 15.0 Å². The summed E-state index contributed by atoms with van der Waals surface area (Å²) < 4.78 is 48.1. The lowest BCUT2D eigenvalue weighted by Crippen LogP contribution is -2.48. The maximum atomic E-state index is 14.4. The van der Waals surface area contributed by atoms with Crippen LogP contribution in [0.1, 0.15) is 27.9 Å². The fourth-order valence-corrected chi connectivity index (χ4v) is 4.66. The molecular formula is C26H19Cl3F3N3O4. The van der Waals surface area contributed by atoms with Crippen molar-refractivity contribution >= 4 is 58.0 Å². The first-order valence-electron chi connectivity index (χ1n) is 11.2. The van der Waals surface area contributed by atoms with E-state index in [2.05, 4.69) is 10.6 Å². The summed E-state index contributed by atoms with van der Waals surface area (Å²) in [5, 5.41) is 4.66. The lowest BCUT2D eigenvalue weighted by Gasteiger charge is -2.29. The second-order valence-corrected chi connectivity index (χ2v) is 9.71. The SMILES string of the molecule is COCC(=O)NN(C(=O)c1ccccc1)c1cc(C2=NOC(c3cc(Cl)cc(Cl)c3)(C(F)(F)F)C2)ccc1Cl. The van der Waals surface area contributed by atoms with Gasteiger partial charge in [0.25, 0.3) is 17.4 Å². The molecule has 2 amide bonds. The van der Waals surface area contributed by atoms with E-state index in [0.29, 0.717) is 0 Å². The van der Waals surface area contributed by atoms with E-state index in [0.717, 1.165) is 17.1 Å². The second-order valence-electron chi connectivity index (χ2n) is 8.43. The van der Waals surface area contributed by atoms with Crippen molar-refractivity contribution in [2.75, 3.05) is 18.7 Å². The number of halogens is 6. The number of benzene rings is 3. The topological polar surface area (TPSA) is 80.2 Å². The molecule has 0 spiro atoms. The number of nitrogens with zero attached hydrogens (tertiary/aromatic N) is 2. The summed E-state index contributed by atoms with van der Waals surface area (Å²) in [6.45, 7) is -0.368. The molecule has 0 radical (unpaired) electrons. The molecule has 39 heavy (non-hydrogen) atoms. The third-order valence-electron chi connectivity index (χ3n) is 5.77. The lowest BCUT2D eigenvalue weighted by atomic mass is 9.86. The average Bonchev–Trinajstić information content (AvgIpc) is 3.35. The van der Waals surface area contributed by atoms with Gasteiger partial charge in [-0.15, -0.1) is 0 Å². The summed E-state index contributed by atoms with van der Waals surface area (Å²) in [5.41, 5.74) is -0.472. The highest BCUT2D eigenvalue weighted by Gasteiger charge is 2.62. The molecule has 0 aliphatic carbocycles. The number of amides is 2. The minimum Gasteiger partial charge on any atom is -0.375 e. The molecule has 0 aromatic heterocycles. The van der Waals surface area contributed by atoms with Crippen molar-refractivity contribution in [1.29, 1.82) is 0 Å². The molecule has 0 bridgehead atoms. The lowest BCUT2D eigenvalue weighted by molar-refractivity contribution is -0.275. The molecule has 7 nitrogen and oxygen atoms in total. The van der Waals surface area contributed by atoms with E-state index in [1.165, 1.54) is 43.5 Å². The van der Waals surface area contributed by atoms with Crippen LogP contribution in [-0.4, -0.2) is 37.4 Å². The Hall–Kier alpha value is -3.31. The zero-order valence-corrected chi connectivity index (χ0v) is 22.3. The number of carbonyl (C=O) groups is 2. The van der Waals surface area contributed by atoms with Gasteiger partial charge in [0.05, 0.1) is 16.4 Å². The van der Waals surface area contributed by atoms with Crippen LogP contribution in [0.2, 0.25) is 15.1 Å². The van der Waals surface area contributed by atoms with Gasteiger partial charge in [-0.05, 0) is 42.5 Å². The Morgan fingerprint density at radius 1 is 1.05 bits per heavy atom. The third kappa shape index (κ3) is 5.99. The van der Waals surface area contributed by atoms with Gasteiger partial charge in [0.15, 0.2) is 0 Å². The zero-order chi connectivity index (χ0) is 28.4. The van der Waals surface area contributed by atoms with E-state index in [9.17, 15) is 22.8 Å². The van der Waals surface area contributed by atoms with E-state index in [4.69, 9.17) is 44.4 Å². The standard InChI is InChI=1S/C26H19Cl3F3N3O4/c1-38-14-23(36)33-35(24(37)15-5-3-2-4-6-15)22-9-16(7-8-20(22)29)21-13-25(39-34-21,26(30,31)32)17-10-18(27)12-19(28)11-17/h2-12H,13-14H2,1H3,(H,33,36). The minimum atomic E-state index is -4.90. The highest BCUT2D eigenvalue weighted by Crippen LogP contribution is 2.50. The first-order chi connectivity index (χ1) is 18.4. The average molecular weight is 601 g/mol. The van der Waals surface area contributed by atoms with Crippen molar-refractivity contribution < 1.29 is 32.3 Å². The van der Waals surface area contributed by atoms with Crippen molar-refractivity contribution in [3.05, 3.63) is 98.5 Å². The third-order valence-corrected chi connectivity index (χ3v) is 6.53. The number of hydrogen-bond acceptors (Lipinski definition) is 5. The first kappa shape index (κ1) is 28.7. The van der Waals surface area contributed by atoms with Gasteiger partial charge < -0.3 is 9.57 Å². The number of ether oxygens (including phenoxy) is 1. The van der Waals surface area contributed by atoms with E-state index >= 15 is 0 Å². The Labute approximate surface area is 236 Å². The molecule has 1 heterocycles. The summed E-state index contributed by atoms with van der Waals surface area (Å²) >= 11 is 18.3. The summed E-state index contributed by atoms with van der Waals surface area (Å²) in [4.78, 5) is 30.8. The van der Waals surface area contributed by atoms with Gasteiger partial charge >= 0.3 is 6.18 Å². The van der Waals surface area contributed by atoms with Crippen molar-refractivity contribution in [3.63, 3.8) is 0 Å². The molecule has 1 aliphatic heterocycles. The van der Waals surface area contributed by atoms with Crippen LogP contribution in [0.4, 0.5) is 18.9 Å². The Morgan fingerprint density at radius 3 is 2.33 bits per heavy atom. The van der Waals surface area contributed by atoms with Gasteiger partial charge in [-0.1, -0.05) is 64.2 Å². The highest BCUT2D eigenvalue weighted by molar-refractivity contribution is 6.35. The largest absolute Gasteiger partial charge is 0.435 e. The maximum absolute atomic E-state index is 14.4. The highest BCUT2D eigenvalue weighted by atomic mass is 35.5. The molecule has 1 atom stereocenters. The van der Waals surface area contributed by atoms with Crippen molar-refractivity contribution in [2.24, 2.45) is 5.16 Å². The molecule has 3 aromatic rings. The van der Waals surface area contributed by atoms with Crippen molar-refractivity contribution in [1.82, 2.24) is 5.43 Å². The number of nitrogens with one attached hydrogen (secondary N) is 1. The van der Waals surface area contributed by atoms with Crippen LogP contribution in [0.3, 0.4) is 0 Å². The number of hydrogen-bond donors (Lipinski definition) is 1. The normalized spacial score (nSPS) is 16.8. The molecule has 204 valence electrons.